The molecule has 2 aromatic heterocycles. The summed E-state index contributed by atoms with van der Waals surface area (Å²) in [7, 11) is 0. The topological polar surface area (TPSA) is 66.8 Å². The second-order valence-corrected chi connectivity index (χ2v) is 13.3. The van der Waals surface area contributed by atoms with Crippen LogP contribution in [0, 0.1) is 5.92 Å². The van der Waals surface area contributed by atoms with Crippen molar-refractivity contribution in [2.45, 2.75) is 37.9 Å². The Morgan fingerprint density at radius 3 is 2.12 bits per heavy atom. The van der Waals surface area contributed by atoms with Crippen molar-refractivity contribution in [2.24, 2.45) is 5.92 Å². The first-order chi connectivity index (χ1) is 24.7. The van der Waals surface area contributed by atoms with E-state index in [2.05, 4.69) is 61.8 Å². The van der Waals surface area contributed by atoms with Gasteiger partial charge in [0.2, 0.25) is 5.95 Å². The summed E-state index contributed by atoms with van der Waals surface area (Å²) >= 11 is 6.25. The predicted octanol–water partition coefficient (Wildman–Crippen LogP) is 10.5. The SMILES string of the molecule is C[C@H](Nc1nccc(-c2cc(N3CCC(C(c4ccccc4)c4ccc(Cl)cc4)CC3)nnc2-c2cccc(C(F)(F)F)c2)n1)c1ccccc1. The zero-order chi connectivity index (χ0) is 35.4. The fraction of sp³-hybridized carbons (Fsp3) is 0.220. The van der Waals surface area contributed by atoms with Crippen molar-refractivity contribution in [3.05, 3.63) is 155 Å². The summed E-state index contributed by atoms with van der Waals surface area (Å²) in [6.07, 6.45) is -1.04. The second kappa shape index (κ2) is 14.9. The standard InChI is InChI=1S/C41H36ClF3N6/c1-27(28-9-4-2-5-10-28)47-40-46-22-19-36(48-40)35-26-37(49-50-39(35)32-13-8-14-33(25-32)41(43,44)45)51-23-20-31(21-24-51)38(29-11-6-3-7-12-29)30-15-17-34(42)18-16-30/h2-19,22,25-27,31,38H,20-21,23-24H2,1H3,(H,46,47,48)/t27-,38?/m0/s1. The summed E-state index contributed by atoms with van der Waals surface area (Å²) in [4.78, 5) is 11.5. The highest BCUT2D eigenvalue weighted by Crippen LogP contribution is 2.40. The van der Waals surface area contributed by atoms with E-state index in [0.717, 1.165) is 43.6 Å². The molecule has 0 radical (unpaired) electrons. The minimum atomic E-state index is -4.50. The molecule has 1 aliphatic rings. The molecule has 6 nitrogen and oxygen atoms in total. The largest absolute Gasteiger partial charge is 0.416 e. The number of hydrogen-bond acceptors (Lipinski definition) is 6. The van der Waals surface area contributed by atoms with Crippen LogP contribution in [0.15, 0.2) is 128 Å². The van der Waals surface area contributed by atoms with Crippen molar-refractivity contribution >= 4 is 23.4 Å². The zero-order valence-electron chi connectivity index (χ0n) is 27.9. The van der Waals surface area contributed by atoms with Gasteiger partial charge in [-0.1, -0.05) is 96.5 Å². The number of hydrogen-bond donors (Lipinski definition) is 1. The van der Waals surface area contributed by atoms with Crippen LogP contribution in [0.3, 0.4) is 0 Å². The van der Waals surface area contributed by atoms with Gasteiger partial charge in [0.25, 0.3) is 0 Å². The van der Waals surface area contributed by atoms with E-state index in [1.54, 1.807) is 18.3 Å². The monoisotopic (exact) mass is 704 g/mol. The quantitative estimate of drug-likeness (QED) is 0.162. The first-order valence-corrected chi connectivity index (χ1v) is 17.4. The molecule has 1 unspecified atom stereocenters. The van der Waals surface area contributed by atoms with E-state index in [1.165, 1.54) is 17.2 Å². The van der Waals surface area contributed by atoms with E-state index >= 15 is 0 Å². The fourth-order valence-electron chi connectivity index (χ4n) is 6.91. The third-order valence-corrected chi connectivity index (χ3v) is 9.80. The molecule has 1 N–H and O–H groups in total. The number of nitrogens with one attached hydrogen (secondary N) is 1. The summed E-state index contributed by atoms with van der Waals surface area (Å²) in [5.41, 5.74) is 4.52. The van der Waals surface area contributed by atoms with Gasteiger partial charge in [-0.25, -0.2) is 9.97 Å². The van der Waals surface area contributed by atoms with Crippen LogP contribution < -0.4 is 10.2 Å². The number of anilines is 2. The summed E-state index contributed by atoms with van der Waals surface area (Å²) < 4.78 is 41.3. The van der Waals surface area contributed by atoms with Crippen LogP contribution >= 0.6 is 11.6 Å². The van der Waals surface area contributed by atoms with Gasteiger partial charge in [0.15, 0.2) is 5.82 Å². The Labute approximate surface area is 300 Å². The first kappa shape index (κ1) is 34.2. The first-order valence-electron chi connectivity index (χ1n) is 17.0. The lowest BCUT2D eigenvalue weighted by Crippen LogP contribution is -2.36. The van der Waals surface area contributed by atoms with E-state index in [-0.39, 0.29) is 12.0 Å². The molecule has 0 spiro atoms. The second-order valence-electron chi connectivity index (χ2n) is 12.8. The Morgan fingerprint density at radius 2 is 1.43 bits per heavy atom. The van der Waals surface area contributed by atoms with Gasteiger partial charge in [0, 0.05) is 41.4 Å². The highest BCUT2D eigenvalue weighted by molar-refractivity contribution is 6.30. The van der Waals surface area contributed by atoms with Gasteiger partial charge >= 0.3 is 6.18 Å². The number of aromatic nitrogens is 4. The lowest BCUT2D eigenvalue weighted by molar-refractivity contribution is -0.137. The predicted molar refractivity (Wildman–Crippen MR) is 197 cm³/mol. The minimum absolute atomic E-state index is 0.0793. The van der Waals surface area contributed by atoms with E-state index in [1.807, 2.05) is 61.5 Å². The lowest BCUT2D eigenvalue weighted by atomic mass is 9.76. The summed E-state index contributed by atoms with van der Waals surface area (Å²) in [5.74, 6) is 1.63. The Hall–Kier alpha value is -5.28. The maximum absolute atomic E-state index is 13.8. The molecular formula is C41H36ClF3N6. The van der Waals surface area contributed by atoms with Crippen molar-refractivity contribution in [1.29, 1.82) is 0 Å². The van der Waals surface area contributed by atoms with Crippen LogP contribution in [0.5, 0.6) is 0 Å². The molecule has 1 fully saturated rings. The zero-order valence-corrected chi connectivity index (χ0v) is 28.7. The Kier molecular flexibility index (Phi) is 9.99. The lowest BCUT2D eigenvalue weighted by Gasteiger charge is -2.37. The number of rotatable bonds is 9. The van der Waals surface area contributed by atoms with Gasteiger partial charge in [0.05, 0.1) is 17.3 Å². The van der Waals surface area contributed by atoms with Gasteiger partial charge in [-0.3, -0.25) is 0 Å². The number of benzene rings is 4. The Bertz CT molecular complexity index is 2070. The molecule has 1 saturated heterocycles. The molecule has 7 rings (SSSR count). The molecule has 0 aliphatic carbocycles. The van der Waals surface area contributed by atoms with Crippen molar-refractivity contribution in [2.75, 3.05) is 23.3 Å². The van der Waals surface area contributed by atoms with Crippen molar-refractivity contribution in [3.8, 4) is 22.5 Å². The molecule has 1 aliphatic heterocycles. The van der Waals surface area contributed by atoms with E-state index in [0.29, 0.717) is 45.2 Å². The number of halogens is 4. The van der Waals surface area contributed by atoms with Crippen molar-refractivity contribution in [1.82, 2.24) is 20.2 Å². The molecular weight excluding hydrogens is 669 g/mol. The molecule has 0 saturated carbocycles. The maximum Gasteiger partial charge on any atom is 0.416 e. The minimum Gasteiger partial charge on any atom is -0.355 e. The highest BCUT2D eigenvalue weighted by Gasteiger charge is 2.32. The molecule has 258 valence electrons. The maximum atomic E-state index is 13.8. The van der Waals surface area contributed by atoms with Crippen LogP contribution in [0.2, 0.25) is 5.02 Å². The fourth-order valence-corrected chi connectivity index (χ4v) is 7.04. The van der Waals surface area contributed by atoms with E-state index in [4.69, 9.17) is 16.6 Å². The molecule has 2 atom stereocenters. The van der Waals surface area contributed by atoms with Crippen LogP contribution in [0.4, 0.5) is 24.9 Å². The Morgan fingerprint density at radius 1 is 0.765 bits per heavy atom. The summed E-state index contributed by atoms with van der Waals surface area (Å²) in [5, 5.41) is 13.2. The molecule has 0 amide bonds. The van der Waals surface area contributed by atoms with E-state index in [9.17, 15) is 13.2 Å². The van der Waals surface area contributed by atoms with Gasteiger partial charge < -0.3 is 10.2 Å². The normalized spacial score (nSPS) is 15.0. The average Bonchev–Trinajstić information content (AvgIpc) is 3.16. The summed E-state index contributed by atoms with van der Waals surface area (Å²) in [6.45, 7) is 3.50. The van der Waals surface area contributed by atoms with Crippen molar-refractivity contribution in [3.63, 3.8) is 0 Å². The van der Waals surface area contributed by atoms with Crippen LogP contribution in [-0.4, -0.2) is 33.3 Å². The number of piperidine rings is 1. The third kappa shape index (κ3) is 7.89. The van der Waals surface area contributed by atoms with Gasteiger partial charge in [0.1, 0.15) is 5.69 Å². The van der Waals surface area contributed by atoms with Crippen LogP contribution in [-0.2, 0) is 6.18 Å². The van der Waals surface area contributed by atoms with Crippen LogP contribution in [0.1, 0.15) is 54.0 Å². The third-order valence-electron chi connectivity index (χ3n) is 9.54. The van der Waals surface area contributed by atoms with E-state index < -0.39 is 11.7 Å². The summed E-state index contributed by atoms with van der Waals surface area (Å²) in [6, 6.07) is 37.3. The van der Waals surface area contributed by atoms with Crippen LogP contribution in [0.25, 0.3) is 22.5 Å². The van der Waals surface area contributed by atoms with Gasteiger partial charge in [-0.15, -0.1) is 10.2 Å². The van der Waals surface area contributed by atoms with Gasteiger partial charge in [-0.05, 0) is 78.8 Å². The average molecular weight is 705 g/mol. The molecule has 51 heavy (non-hydrogen) atoms. The Balaban J connectivity index is 1.20. The molecule has 6 aromatic rings. The molecule has 0 bridgehead atoms. The number of nitrogens with zero attached hydrogens (tertiary/aromatic N) is 5. The molecule has 3 heterocycles. The number of alkyl halides is 3. The van der Waals surface area contributed by atoms with Crippen molar-refractivity contribution < 1.29 is 13.2 Å². The smallest absolute Gasteiger partial charge is 0.355 e. The van der Waals surface area contributed by atoms with Gasteiger partial charge in [-0.2, -0.15) is 13.2 Å². The molecule has 4 aromatic carbocycles. The highest BCUT2D eigenvalue weighted by atomic mass is 35.5. The molecule has 10 heteroatoms.